The number of aromatic nitrogens is 2. The molecule has 3 aromatic rings. The van der Waals surface area contributed by atoms with Crippen LogP contribution in [-0.4, -0.2) is 28.9 Å². The number of anilines is 1. The van der Waals surface area contributed by atoms with Gasteiger partial charge in [0, 0.05) is 25.2 Å². The zero-order valence-corrected chi connectivity index (χ0v) is 21.0. The normalized spacial score (nSPS) is 20.4. The highest BCUT2D eigenvalue weighted by atomic mass is 35.5. The van der Waals surface area contributed by atoms with Crippen LogP contribution in [0.15, 0.2) is 54.7 Å². The smallest absolute Gasteiger partial charge is 0.263 e. The summed E-state index contributed by atoms with van der Waals surface area (Å²) in [5.74, 6) is 1.86. The lowest BCUT2D eigenvalue weighted by Gasteiger charge is -2.39. The number of carbonyl (C=O) groups is 1. The summed E-state index contributed by atoms with van der Waals surface area (Å²) in [6.07, 6.45) is 2.70. The van der Waals surface area contributed by atoms with E-state index in [9.17, 15) is 4.79 Å². The van der Waals surface area contributed by atoms with Crippen molar-refractivity contribution in [2.24, 2.45) is 18.9 Å². The number of nitrogens with zero attached hydrogens (tertiary/aromatic N) is 2. The molecule has 0 unspecified atom stereocenters. The molecule has 1 aromatic heterocycles. The molecule has 1 N–H and O–H groups in total. The van der Waals surface area contributed by atoms with Crippen molar-refractivity contribution in [1.29, 1.82) is 0 Å². The second-order valence-corrected chi connectivity index (χ2v) is 9.87. The molecular formula is C26H29Cl2N3O3. The first-order valence-corrected chi connectivity index (χ1v) is 12.1. The van der Waals surface area contributed by atoms with E-state index in [1.54, 1.807) is 24.0 Å². The van der Waals surface area contributed by atoms with E-state index < -0.39 is 0 Å². The lowest BCUT2D eigenvalue weighted by atomic mass is 9.76. The molecule has 1 saturated heterocycles. The highest BCUT2D eigenvalue weighted by Gasteiger charge is 2.35. The predicted molar refractivity (Wildman–Crippen MR) is 135 cm³/mol. The Hall–Kier alpha value is -2.54. The van der Waals surface area contributed by atoms with E-state index >= 15 is 0 Å². The predicted octanol–water partition coefficient (Wildman–Crippen LogP) is 6.26. The molecule has 6 nitrogen and oxygen atoms in total. The molecule has 0 aliphatic carbocycles. The zero-order valence-electron chi connectivity index (χ0n) is 19.5. The second kappa shape index (κ2) is 10.8. The quantitative estimate of drug-likeness (QED) is 0.414. The Labute approximate surface area is 210 Å². The Morgan fingerprint density at radius 1 is 1.18 bits per heavy atom. The van der Waals surface area contributed by atoms with Gasteiger partial charge in [-0.2, -0.15) is 5.10 Å². The highest BCUT2D eigenvalue weighted by Crippen LogP contribution is 2.44. The summed E-state index contributed by atoms with van der Waals surface area (Å²) >= 11 is 12.4. The van der Waals surface area contributed by atoms with Gasteiger partial charge in [-0.15, -0.1) is 0 Å². The maximum Gasteiger partial charge on any atom is 0.263 e. The molecule has 1 aliphatic heterocycles. The molecule has 1 amide bonds. The van der Waals surface area contributed by atoms with Crippen LogP contribution in [0.25, 0.3) is 0 Å². The fraction of sp³-hybridized carbons (Fsp3) is 0.385. The van der Waals surface area contributed by atoms with Crippen LogP contribution in [-0.2, 0) is 16.6 Å². The number of aryl methyl sites for hydroxylation is 1. The van der Waals surface area contributed by atoms with Crippen LogP contribution in [0, 0.1) is 11.8 Å². The van der Waals surface area contributed by atoms with E-state index in [1.165, 1.54) is 0 Å². The third kappa shape index (κ3) is 5.93. The first kappa shape index (κ1) is 24.6. The lowest BCUT2D eigenvalue weighted by Crippen LogP contribution is -2.31. The number of amides is 1. The molecule has 0 radical (unpaired) electrons. The van der Waals surface area contributed by atoms with Crippen LogP contribution in [0.3, 0.4) is 0 Å². The summed E-state index contributed by atoms with van der Waals surface area (Å²) in [6.45, 7) is 4.95. The van der Waals surface area contributed by atoms with Gasteiger partial charge in [-0.3, -0.25) is 9.48 Å². The van der Waals surface area contributed by atoms with Crippen molar-refractivity contribution in [3.8, 4) is 5.75 Å². The fourth-order valence-electron chi connectivity index (χ4n) is 4.42. The van der Waals surface area contributed by atoms with E-state index in [4.69, 9.17) is 32.7 Å². The van der Waals surface area contributed by atoms with Gasteiger partial charge in [0.05, 0.1) is 22.8 Å². The van der Waals surface area contributed by atoms with E-state index in [0.717, 1.165) is 17.5 Å². The van der Waals surface area contributed by atoms with Crippen molar-refractivity contribution in [3.63, 3.8) is 0 Å². The van der Waals surface area contributed by atoms with E-state index in [1.807, 2.05) is 36.4 Å². The minimum atomic E-state index is -0.262. The molecule has 0 bridgehead atoms. The summed E-state index contributed by atoms with van der Waals surface area (Å²) in [6, 6.07) is 15.4. The molecule has 3 atom stereocenters. The minimum Gasteiger partial charge on any atom is -0.484 e. The molecule has 34 heavy (non-hydrogen) atoms. The SMILES string of the molecule is CC(C)[C@@H]1C[C@H](c2ccc(Cl)c(Cl)c2)CO[C@H]1c1cccc(OCC(=O)Nc2ccn(C)n2)c1. The maximum absolute atomic E-state index is 12.2. The molecule has 2 heterocycles. The minimum absolute atomic E-state index is 0.0510. The average molecular weight is 502 g/mol. The van der Waals surface area contributed by atoms with Crippen molar-refractivity contribution >= 4 is 34.9 Å². The second-order valence-electron chi connectivity index (χ2n) is 9.05. The van der Waals surface area contributed by atoms with Crippen molar-refractivity contribution in [2.75, 3.05) is 18.5 Å². The number of benzene rings is 2. The molecule has 8 heteroatoms. The van der Waals surface area contributed by atoms with Crippen LogP contribution in [0.5, 0.6) is 5.75 Å². The Morgan fingerprint density at radius 3 is 2.71 bits per heavy atom. The van der Waals surface area contributed by atoms with Crippen LogP contribution in [0.2, 0.25) is 10.0 Å². The third-order valence-electron chi connectivity index (χ3n) is 6.23. The molecule has 180 valence electrons. The Morgan fingerprint density at radius 2 is 2.00 bits per heavy atom. The van der Waals surface area contributed by atoms with Crippen LogP contribution in [0.4, 0.5) is 5.82 Å². The molecule has 4 rings (SSSR count). The molecule has 0 spiro atoms. The first-order valence-electron chi connectivity index (χ1n) is 11.4. The summed E-state index contributed by atoms with van der Waals surface area (Å²) < 4.78 is 13.8. The van der Waals surface area contributed by atoms with Gasteiger partial charge in [0.2, 0.25) is 0 Å². The Kier molecular flexibility index (Phi) is 7.81. The fourth-order valence-corrected chi connectivity index (χ4v) is 4.72. The standard InChI is InChI=1S/C26H29Cl2N3O3/c1-16(2)21-12-19(17-7-8-22(27)23(28)13-17)14-34-26(21)18-5-4-6-20(11-18)33-15-25(32)29-24-9-10-31(3)30-24/h4-11,13,16,19,21,26H,12,14-15H2,1-3H3,(H,29,30,32)/t19-,21-,26-/m0/s1. The van der Waals surface area contributed by atoms with E-state index in [-0.39, 0.29) is 24.5 Å². The highest BCUT2D eigenvalue weighted by molar-refractivity contribution is 6.42. The van der Waals surface area contributed by atoms with Gasteiger partial charge in [0.15, 0.2) is 12.4 Å². The van der Waals surface area contributed by atoms with Gasteiger partial charge in [0.25, 0.3) is 5.91 Å². The Bertz CT molecular complexity index is 1150. The lowest BCUT2D eigenvalue weighted by molar-refractivity contribution is -0.118. The van der Waals surface area contributed by atoms with Gasteiger partial charge < -0.3 is 14.8 Å². The van der Waals surface area contributed by atoms with Gasteiger partial charge >= 0.3 is 0 Å². The number of ether oxygens (including phenoxy) is 2. The summed E-state index contributed by atoms with van der Waals surface area (Å²) in [5, 5.41) is 7.99. The number of carbonyl (C=O) groups excluding carboxylic acids is 1. The number of rotatable bonds is 7. The van der Waals surface area contributed by atoms with Crippen LogP contribution >= 0.6 is 23.2 Å². The van der Waals surface area contributed by atoms with Crippen LogP contribution in [0.1, 0.15) is 43.4 Å². The van der Waals surface area contributed by atoms with Crippen molar-refractivity contribution in [1.82, 2.24) is 9.78 Å². The van der Waals surface area contributed by atoms with Crippen molar-refractivity contribution < 1.29 is 14.3 Å². The first-order chi connectivity index (χ1) is 16.3. The zero-order chi connectivity index (χ0) is 24.2. The van der Waals surface area contributed by atoms with Crippen molar-refractivity contribution in [2.45, 2.75) is 32.3 Å². The number of nitrogens with one attached hydrogen (secondary N) is 1. The summed E-state index contributed by atoms with van der Waals surface area (Å²) in [7, 11) is 1.79. The largest absolute Gasteiger partial charge is 0.484 e. The van der Waals surface area contributed by atoms with Gasteiger partial charge in [-0.25, -0.2) is 0 Å². The summed E-state index contributed by atoms with van der Waals surface area (Å²) in [5.41, 5.74) is 2.20. The third-order valence-corrected chi connectivity index (χ3v) is 6.97. The molecule has 0 saturated carbocycles. The average Bonchev–Trinajstić information content (AvgIpc) is 3.23. The van der Waals surface area contributed by atoms with Gasteiger partial charge in [-0.05, 0) is 53.6 Å². The van der Waals surface area contributed by atoms with Gasteiger partial charge in [0.1, 0.15) is 5.75 Å². The van der Waals surface area contributed by atoms with Gasteiger partial charge in [-0.1, -0.05) is 55.2 Å². The van der Waals surface area contributed by atoms with Crippen LogP contribution < -0.4 is 10.1 Å². The molecule has 1 aliphatic rings. The molecule has 2 aromatic carbocycles. The number of hydrogen-bond acceptors (Lipinski definition) is 4. The molecular weight excluding hydrogens is 473 g/mol. The summed E-state index contributed by atoms with van der Waals surface area (Å²) in [4.78, 5) is 12.2. The van der Waals surface area contributed by atoms with E-state index in [2.05, 4.69) is 30.3 Å². The molecule has 1 fully saturated rings. The monoisotopic (exact) mass is 501 g/mol. The maximum atomic E-state index is 12.2. The number of hydrogen-bond donors (Lipinski definition) is 1. The van der Waals surface area contributed by atoms with E-state index in [0.29, 0.717) is 40.1 Å². The van der Waals surface area contributed by atoms with Crippen molar-refractivity contribution in [3.05, 3.63) is 75.9 Å². The number of halogens is 2. The Balaban J connectivity index is 1.42. The topological polar surface area (TPSA) is 65.4 Å².